The van der Waals surface area contributed by atoms with Gasteiger partial charge in [-0.05, 0) is 12.8 Å². The summed E-state index contributed by atoms with van der Waals surface area (Å²) in [5.41, 5.74) is 0. The summed E-state index contributed by atoms with van der Waals surface area (Å²) in [7, 11) is 0. The van der Waals surface area contributed by atoms with Gasteiger partial charge in [-0.2, -0.15) is 0 Å². The Morgan fingerprint density at radius 3 is 1.16 bits per heavy atom. The molecule has 1 nitrogen and oxygen atoms in total. The van der Waals surface area contributed by atoms with Gasteiger partial charge in [-0.25, -0.2) is 0 Å². The molecular formula is C29H59NS2. The molecule has 0 aliphatic carbocycles. The minimum absolute atomic E-state index is 1.02. The minimum Gasteiger partial charge on any atom is -0.371 e. The molecule has 0 heterocycles. The van der Waals surface area contributed by atoms with E-state index in [4.69, 9.17) is 12.2 Å². The van der Waals surface area contributed by atoms with E-state index in [0.717, 1.165) is 10.9 Å². The molecule has 0 saturated heterocycles. The molecule has 0 amide bonds. The van der Waals surface area contributed by atoms with Crippen LogP contribution in [0.25, 0.3) is 0 Å². The van der Waals surface area contributed by atoms with Gasteiger partial charge in [0.1, 0.15) is 4.32 Å². The van der Waals surface area contributed by atoms with E-state index >= 15 is 0 Å². The van der Waals surface area contributed by atoms with Crippen LogP contribution >= 0.6 is 24.0 Å². The Kier molecular flexibility index (Phi) is 29.5. The first-order valence-corrected chi connectivity index (χ1v) is 16.1. The van der Waals surface area contributed by atoms with Crippen molar-refractivity contribution in [2.24, 2.45) is 0 Å². The number of rotatable bonds is 26. The number of hydrogen-bond acceptors (Lipinski definition) is 2. The molecule has 0 saturated carbocycles. The van der Waals surface area contributed by atoms with E-state index in [9.17, 15) is 0 Å². The predicted octanol–water partition coefficient (Wildman–Crippen LogP) is 11.0. The molecule has 0 aliphatic rings. The third-order valence-corrected chi connectivity index (χ3v) is 7.93. The molecule has 0 bridgehead atoms. The first-order valence-electron chi connectivity index (χ1n) is 14.7. The van der Waals surface area contributed by atoms with Crippen molar-refractivity contribution >= 4 is 28.3 Å². The zero-order chi connectivity index (χ0) is 23.4. The molecule has 0 radical (unpaired) electrons. The van der Waals surface area contributed by atoms with E-state index in [0.29, 0.717) is 0 Å². The number of thioether (sulfide) groups is 1. The fraction of sp³-hybridized carbons (Fsp3) is 0.966. The Labute approximate surface area is 213 Å². The van der Waals surface area contributed by atoms with Crippen LogP contribution < -0.4 is 5.32 Å². The van der Waals surface area contributed by atoms with Crippen molar-refractivity contribution in [3.05, 3.63) is 0 Å². The van der Waals surface area contributed by atoms with Gasteiger partial charge in [-0.15, -0.1) is 0 Å². The van der Waals surface area contributed by atoms with Gasteiger partial charge in [-0.1, -0.05) is 179 Å². The van der Waals surface area contributed by atoms with Crippen molar-refractivity contribution in [1.82, 2.24) is 5.32 Å². The van der Waals surface area contributed by atoms with Gasteiger partial charge in [0.05, 0.1) is 0 Å². The fourth-order valence-electron chi connectivity index (χ4n) is 4.32. The summed E-state index contributed by atoms with van der Waals surface area (Å²) >= 11 is 7.34. The lowest BCUT2D eigenvalue weighted by molar-refractivity contribution is 0.543. The number of unbranched alkanes of at least 4 members (excludes halogenated alkanes) is 22. The van der Waals surface area contributed by atoms with Crippen LogP contribution in [0.5, 0.6) is 0 Å². The predicted molar refractivity (Wildman–Crippen MR) is 155 cm³/mol. The molecule has 0 spiro atoms. The molecule has 0 aromatic carbocycles. The highest BCUT2D eigenvalue weighted by Gasteiger charge is 1.99. The second-order valence-corrected chi connectivity index (χ2v) is 11.6. The third kappa shape index (κ3) is 28.3. The van der Waals surface area contributed by atoms with E-state index in [1.54, 1.807) is 0 Å². The lowest BCUT2D eigenvalue weighted by Crippen LogP contribution is -2.19. The zero-order valence-corrected chi connectivity index (χ0v) is 23.8. The lowest BCUT2D eigenvalue weighted by Gasteiger charge is -2.08. The van der Waals surface area contributed by atoms with Crippen molar-refractivity contribution in [2.45, 2.75) is 168 Å². The standard InChI is InChI=1S/C29H59NS2/c1-3-5-7-9-11-13-15-17-19-21-23-25-27-30-29(31)32-28-26-24-22-20-18-16-14-12-10-8-6-4-2/h3-28H2,1-2H3,(H,30,31). The van der Waals surface area contributed by atoms with Crippen molar-refractivity contribution in [2.75, 3.05) is 12.3 Å². The Bertz CT molecular complexity index is 327. The summed E-state index contributed by atoms with van der Waals surface area (Å²) in [6.45, 7) is 5.66. The maximum Gasteiger partial charge on any atom is 0.133 e. The number of thiocarbonyl (C=S) groups is 1. The summed E-state index contributed by atoms with van der Waals surface area (Å²) in [6.07, 6.45) is 34.0. The molecule has 0 rings (SSSR count). The van der Waals surface area contributed by atoms with Gasteiger partial charge in [0, 0.05) is 12.3 Å². The molecular weight excluding hydrogens is 426 g/mol. The average Bonchev–Trinajstić information content (AvgIpc) is 2.80. The maximum absolute atomic E-state index is 5.48. The van der Waals surface area contributed by atoms with Gasteiger partial charge in [0.2, 0.25) is 0 Å². The number of hydrogen-bond donors (Lipinski definition) is 1. The summed E-state index contributed by atoms with van der Waals surface area (Å²) in [5.74, 6) is 1.20. The molecule has 0 atom stereocenters. The van der Waals surface area contributed by atoms with Crippen LogP contribution in [0.15, 0.2) is 0 Å². The van der Waals surface area contributed by atoms with E-state index < -0.39 is 0 Å². The summed E-state index contributed by atoms with van der Waals surface area (Å²) in [5, 5.41) is 3.46. The summed E-state index contributed by atoms with van der Waals surface area (Å²) in [4.78, 5) is 0. The van der Waals surface area contributed by atoms with Crippen molar-refractivity contribution < 1.29 is 0 Å². The largest absolute Gasteiger partial charge is 0.371 e. The molecule has 0 aliphatic heterocycles. The monoisotopic (exact) mass is 485 g/mol. The Balaban J connectivity index is 3.14. The van der Waals surface area contributed by atoms with Crippen LogP contribution in [0.2, 0.25) is 0 Å². The van der Waals surface area contributed by atoms with Crippen molar-refractivity contribution in [3.8, 4) is 0 Å². The molecule has 192 valence electrons. The van der Waals surface area contributed by atoms with Gasteiger partial charge in [0.15, 0.2) is 0 Å². The van der Waals surface area contributed by atoms with Crippen molar-refractivity contribution in [1.29, 1.82) is 0 Å². The van der Waals surface area contributed by atoms with Gasteiger partial charge in [0.25, 0.3) is 0 Å². The van der Waals surface area contributed by atoms with Gasteiger partial charge in [-0.3, -0.25) is 0 Å². The Morgan fingerprint density at radius 1 is 0.469 bits per heavy atom. The van der Waals surface area contributed by atoms with E-state index in [1.165, 1.54) is 160 Å². The molecule has 0 aromatic rings. The SMILES string of the molecule is CCCCCCCCCCCCCCNC(=S)SCCCCCCCCCCCCCC. The Hall–Kier alpha value is 0.240. The highest BCUT2D eigenvalue weighted by molar-refractivity contribution is 8.22. The number of nitrogens with one attached hydrogen (secondary N) is 1. The molecule has 0 unspecified atom stereocenters. The van der Waals surface area contributed by atoms with Gasteiger partial charge >= 0.3 is 0 Å². The first kappa shape index (κ1) is 32.2. The molecule has 3 heteroatoms. The molecule has 0 fully saturated rings. The third-order valence-electron chi connectivity index (χ3n) is 6.53. The average molecular weight is 486 g/mol. The van der Waals surface area contributed by atoms with E-state index in [1.807, 2.05) is 11.8 Å². The maximum atomic E-state index is 5.48. The highest BCUT2D eigenvalue weighted by atomic mass is 32.2. The highest BCUT2D eigenvalue weighted by Crippen LogP contribution is 2.14. The van der Waals surface area contributed by atoms with Crippen LogP contribution in [0, 0.1) is 0 Å². The second kappa shape index (κ2) is 29.3. The first-order chi connectivity index (χ1) is 15.8. The van der Waals surface area contributed by atoms with Crippen LogP contribution in [-0.4, -0.2) is 16.6 Å². The van der Waals surface area contributed by atoms with E-state index in [2.05, 4.69) is 19.2 Å². The van der Waals surface area contributed by atoms with Crippen LogP contribution in [0.4, 0.5) is 0 Å². The molecule has 1 N–H and O–H groups in total. The molecule has 0 aromatic heterocycles. The summed E-state index contributed by atoms with van der Waals surface area (Å²) in [6, 6.07) is 0. The topological polar surface area (TPSA) is 12.0 Å². The second-order valence-electron chi connectivity index (χ2n) is 9.84. The smallest absolute Gasteiger partial charge is 0.133 e. The van der Waals surface area contributed by atoms with Crippen LogP contribution in [0.1, 0.15) is 168 Å². The molecule has 32 heavy (non-hydrogen) atoms. The Morgan fingerprint density at radius 2 is 0.781 bits per heavy atom. The van der Waals surface area contributed by atoms with Gasteiger partial charge < -0.3 is 5.32 Å². The summed E-state index contributed by atoms with van der Waals surface area (Å²) < 4.78 is 1.02. The zero-order valence-electron chi connectivity index (χ0n) is 22.2. The van der Waals surface area contributed by atoms with E-state index in [-0.39, 0.29) is 0 Å². The lowest BCUT2D eigenvalue weighted by atomic mass is 10.1. The van der Waals surface area contributed by atoms with Crippen LogP contribution in [-0.2, 0) is 0 Å². The van der Waals surface area contributed by atoms with Crippen LogP contribution in [0.3, 0.4) is 0 Å². The minimum atomic E-state index is 1.02. The normalized spacial score (nSPS) is 11.2. The fourth-order valence-corrected chi connectivity index (χ4v) is 5.41. The van der Waals surface area contributed by atoms with Crippen molar-refractivity contribution in [3.63, 3.8) is 0 Å². The quantitative estimate of drug-likeness (QED) is 0.0966.